The van der Waals surface area contributed by atoms with Crippen molar-refractivity contribution in [2.75, 3.05) is 31.5 Å². The summed E-state index contributed by atoms with van der Waals surface area (Å²) < 4.78 is 15.9. The Labute approximate surface area is 184 Å². The summed E-state index contributed by atoms with van der Waals surface area (Å²) in [5, 5.41) is 7.70. The predicted molar refractivity (Wildman–Crippen MR) is 120 cm³/mol. The fourth-order valence-corrected chi connectivity index (χ4v) is 3.51. The highest BCUT2D eigenvalue weighted by molar-refractivity contribution is 7.14. The second-order valence-corrected chi connectivity index (χ2v) is 7.18. The molecule has 0 unspecified atom stereocenters. The van der Waals surface area contributed by atoms with Gasteiger partial charge in [0.15, 0.2) is 16.6 Å². The van der Waals surface area contributed by atoms with E-state index in [1.165, 1.54) is 25.6 Å². The molecule has 1 aromatic heterocycles. The van der Waals surface area contributed by atoms with Gasteiger partial charge in [0.25, 0.3) is 5.91 Å². The van der Waals surface area contributed by atoms with Gasteiger partial charge < -0.3 is 19.5 Å². The molecule has 0 aliphatic heterocycles. The minimum atomic E-state index is -0.336. The normalized spacial score (nSPS) is 10.3. The number of hydrogen-bond acceptors (Lipinski definition) is 7. The number of ether oxygens (including phenoxy) is 3. The summed E-state index contributed by atoms with van der Waals surface area (Å²) in [6.45, 7) is 2.38. The molecule has 0 aliphatic rings. The van der Waals surface area contributed by atoms with E-state index in [9.17, 15) is 9.59 Å². The van der Waals surface area contributed by atoms with Gasteiger partial charge in [0.1, 0.15) is 5.75 Å². The molecule has 0 saturated carbocycles. The predicted octanol–water partition coefficient (Wildman–Crippen LogP) is 3.99. The molecule has 8 nitrogen and oxygen atoms in total. The van der Waals surface area contributed by atoms with Crippen molar-refractivity contribution in [3.05, 3.63) is 59.1 Å². The van der Waals surface area contributed by atoms with Gasteiger partial charge in [-0.05, 0) is 37.3 Å². The molecule has 31 heavy (non-hydrogen) atoms. The Morgan fingerprint density at radius 1 is 1.00 bits per heavy atom. The lowest BCUT2D eigenvalue weighted by atomic mass is 10.2. The Hall–Kier alpha value is -3.59. The number of carbonyl (C=O) groups is 2. The standard InChI is InChI=1S/C22H23N3O5S/c1-4-30-17-8-6-5-7-16(17)24-20(26)12-15-13-31-22(23-15)25-21(27)14-9-10-18(28-2)19(11-14)29-3/h5-11,13H,4,12H2,1-3H3,(H,24,26)(H,23,25,27). The Balaban J connectivity index is 1.61. The molecule has 0 aliphatic carbocycles. The van der Waals surface area contributed by atoms with Crippen molar-refractivity contribution in [3.63, 3.8) is 0 Å². The average Bonchev–Trinajstić information content (AvgIpc) is 3.21. The van der Waals surface area contributed by atoms with Crippen LogP contribution in [0.1, 0.15) is 23.0 Å². The molecule has 9 heteroatoms. The zero-order valence-corrected chi connectivity index (χ0v) is 18.2. The van der Waals surface area contributed by atoms with E-state index in [2.05, 4.69) is 15.6 Å². The number of methoxy groups -OCH3 is 2. The van der Waals surface area contributed by atoms with Gasteiger partial charge in [0.05, 0.1) is 38.6 Å². The molecule has 3 aromatic rings. The van der Waals surface area contributed by atoms with Gasteiger partial charge >= 0.3 is 0 Å². The number of anilines is 2. The summed E-state index contributed by atoms with van der Waals surface area (Å²) in [6.07, 6.45) is 0.0726. The third-order valence-electron chi connectivity index (χ3n) is 4.22. The van der Waals surface area contributed by atoms with E-state index in [4.69, 9.17) is 14.2 Å². The molecule has 2 N–H and O–H groups in total. The molecule has 0 bridgehead atoms. The summed E-state index contributed by atoms with van der Waals surface area (Å²) >= 11 is 1.25. The van der Waals surface area contributed by atoms with Crippen LogP contribution in [-0.4, -0.2) is 37.6 Å². The summed E-state index contributed by atoms with van der Waals surface area (Å²) in [6, 6.07) is 12.1. The second kappa shape index (κ2) is 10.4. The lowest BCUT2D eigenvalue weighted by Crippen LogP contribution is -2.16. The number of hydrogen-bond donors (Lipinski definition) is 2. The van der Waals surface area contributed by atoms with Crippen LogP contribution in [0.15, 0.2) is 47.8 Å². The van der Waals surface area contributed by atoms with Crippen LogP contribution in [0.25, 0.3) is 0 Å². The zero-order chi connectivity index (χ0) is 22.2. The van der Waals surface area contributed by atoms with Crippen molar-refractivity contribution in [1.29, 1.82) is 0 Å². The highest BCUT2D eigenvalue weighted by Crippen LogP contribution is 2.28. The van der Waals surface area contributed by atoms with Crippen LogP contribution >= 0.6 is 11.3 Å². The fraction of sp³-hybridized carbons (Fsp3) is 0.227. The maximum Gasteiger partial charge on any atom is 0.257 e. The number of nitrogens with one attached hydrogen (secondary N) is 2. The van der Waals surface area contributed by atoms with Crippen LogP contribution in [0.3, 0.4) is 0 Å². The van der Waals surface area contributed by atoms with Crippen molar-refractivity contribution < 1.29 is 23.8 Å². The number of amides is 2. The molecule has 0 spiro atoms. The monoisotopic (exact) mass is 441 g/mol. The quantitative estimate of drug-likeness (QED) is 0.521. The van der Waals surface area contributed by atoms with E-state index in [1.807, 2.05) is 19.1 Å². The van der Waals surface area contributed by atoms with E-state index in [0.717, 1.165) is 0 Å². The molecule has 0 radical (unpaired) electrons. The first-order valence-electron chi connectivity index (χ1n) is 9.53. The van der Waals surface area contributed by atoms with Gasteiger partial charge in [-0.25, -0.2) is 4.98 Å². The van der Waals surface area contributed by atoms with Gasteiger partial charge in [0.2, 0.25) is 5.91 Å². The van der Waals surface area contributed by atoms with E-state index >= 15 is 0 Å². The first-order chi connectivity index (χ1) is 15.0. The van der Waals surface area contributed by atoms with Crippen LogP contribution in [0.5, 0.6) is 17.2 Å². The van der Waals surface area contributed by atoms with E-state index in [-0.39, 0.29) is 18.2 Å². The third kappa shape index (κ3) is 5.73. The van der Waals surface area contributed by atoms with Gasteiger partial charge in [-0.3, -0.25) is 14.9 Å². The van der Waals surface area contributed by atoms with Gasteiger partial charge in [-0.1, -0.05) is 12.1 Å². The maximum atomic E-state index is 12.5. The number of rotatable bonds is 9. The Bertz CT molecular complexity index is 1070. The number of para-hydroxylation sites is 2. The molecule has 2 aromatic carbocycles. The van der Waals surface area contributed by atoms with Crippen LogP contribution in [0.2, 0.25) is 0 Å². The minimum Gasteiger partial charge on any atom is -0.493 e. The van der Waals surface area contributed by atoms with Crippen molar-refractivity contribution in [2.45, 2.75) is 13.3 Å². The first kappa shape index (κ1) is 22.1. The molecule has 0 fully saturated rings. The number of carbonyl (C=O) groups excluding carboxylic acids is 2. The number of nitrogens with zero attached hydrogens (tertiary/aromatic N) is 1. The van der Waals surface area contributed by atoms with Crippen molar-refractivity contribution in [3.8, 4) is 17.2 Å². The summed E-state index contributed by atoms with van der Waals surface area (Å²) in [4.78, 5) is 29.3. The van der Waals surface area contributed by atoms with Crippen LogP contribution in [0, 0.1) is 0 Å². The van der Waals surface area contributed by atoms with Gasteiger partial charge in [-0.2, -0.15) is 0 Å². The fourth-order valence-electron chi connectivity index (χ4n) is 2.80. The van der Waals surface area contributed by atoms with Crippen molar-refractivity contribution in [1.82, 2.24) is 4.98 Å². The average molecular weight is 442 g/mol. The number of aromatic nitrogens is 1. The molecule has 162 valence electrons. The summed E-state index contributed by atoms with van der Waals surface area (Å²) in [5.74, 6) is 1.04. The molecule has 3 rings (SSSR count). The van der Waals surface area contributed by atoms with Gasteiger partial charge in [0, 0.05) is 10.9 Å². The Morgan fingerprint density at radius 2 is 1.77 bits per heavy atom. The summed E-state index contributed by atoms with van der Waals surface area (Å²) in [7, 11) is 3.03. The van der Waals surface area contributed by atoms with Crippen LogP contribution in [0.4, 0.5) is 10.8 Å². The van der Waals surface area contributed by atoms with Crippen LogP contribution in [-0.2, 0) is 11.2 Å². The van der Waals surface area contributed by atoms with Gasteiger partial charge in [-0.15, -0.1) is 11.3 Å². The molecule has 1 heterocycles. The third-order valence-corrected chi connectivity index (χ3v) is 5.03. The van der Waals surface area contributed by atoms with Crippen molar-refractivity contribution in [2.24, 2.45) is 0 Å². The Kier molecular flexibility index (Phi) is 7.45. The van der Waals surface area contributed by atoms with E-state index in [1.54, 1.807) is 35.7 Å². The molecular formula is C22H23N3O5S. The lowest BCUT2D eigenvalue weighted by Gasteiger charge is -2.10. The van der Waals surface area contributed by atoms with E-state index < -0.39 is 0 Å². The Morgan fingerprint density at radius 3 is 2.52 bits per heavy atom. The first-order valence-corrected chi connectivity index (χ1v) is 10.4. The lowest BCUT2D eigenvalue weighted by molar-refractivity contribution is -0.115. The number of benzene rings is 2. The smallest absolute Gasteiger partial charge is 0.257 e. The zero-order valence-electron chi connectivity index (χ0n) is 17.4. The molecular weight excluding hydrogens is 418 g/mol. The molecule has 0 atom stereocenters. The highest BCUT2D eigenvalue weighted by atomic mass is 32.1. The number of thiazole rings is 1. The van der Waals surface area contributed by atoms with Crippen molar-refractivity contribution >= 4 is 34.0 Å². The molecule has 0 saturated heterocycles. The minimum absolute atomic E-state index is 0.0726. The summed E-state index contributed by atoms with van der Waals surface area (Å²) in [5.41, 5.74) is 1.56. The highest BCUT2D eigenvalue weighted by Gasteiger charge is 2.14. The largest absolute Gasteiger partial charge is 0.493 e. The van der Waals surface area contributed by atoms with E-state index in [0.29, 0.717) is 45.9 Å². The molecule has 2 amide bonds. The van der Waals surface area contributed by atoms with Crippen LogP contribution < -0.4 is 24.8 Å². The maximum absolute atomic E-state index is 12.5. The topological polar surface area (TPSA) is 98.8 Å². The second-order valence-electron chi connectivity index (χ2n) is 6.32. The SMILES string of the molecule is CCOc1ccccc1NC(=O)Cc1csc(NC(=O)c2ccc(OC)c(OC)c2)n1.